The van der Waals surface area contributed by atoms with Crippen molar-refractivity contribution in [3.63, 3.8) is 0 Å². The van der Waals surface area contributed by atoms with E-state index in [9.17, 15) is 14.7 Å². The molecule has 3 N–H and O–H groups in total. The molecule has 3 rings (SSSR count). The van der Waals surface area contributed by atoms with Gasteiger partial charge in [0.1, 0.15) is 11.6 Å². The number of aromatic nitrogens is 1. The first-order valence-corrected chi connectivity index (χ1v) is 7.56. The molecule has 6 nitrogen and oxygen atoms in total. The number of hydrogen-bond donors (Lipinski definition) is 3. The topological polar surface area (TPSA) is 91.3 Å². The van der Waals surface area contributed by atoms with Crippen molar-refractivity contribution < 1.29 is 14.7 Å². The summed E-state index contributed by atoms with van der Waals surface area (Å²) in [5, 5.41) is 15.1. The minimum absolute atomic E-state index is 0.127. The van der Waals surface area contributed by atoms with Crippen LogP contribution in [0.2, 0.25) is 0 Å². The molecule has 2 aromatic carbocycles. The highest BCUT2D eigenvalue weighted by Gasteiger charge is 2.16. The number of pyridine rings is 1. The van der Waals surface area contributed by atoms with E-state index >= 15 is 0 Å². The zero-order valence-corrected chi connectivity index (χ0v) is 13.1. The average molecular weight is 333 g/mol. The number of aromatic hydroxyl groups is 1. The number of carbonyl (C=O) groups is 2. The van der Waals surface area contributed by atoms with Gasteiger partial charge < -0.3 is 15.7 Å². The predicted octanol–water partition coefficient (Wildman–Crippen LogP) is 3.29. The van der Waals surface area contributed by atoms with Gasteiger partial charge in [0.05, 0.1) is 16.8 Å². The van der Waals surface area contributed by atoms with E-state index in [4.69, 9.17) is 0 Å². The van der Waals surface area contributed by atoms with Gasteiger partial charge in [-0.05, 0) is 36.4 Å². The second-order valence-electron chi connectivity index (χ2n) is 5.19. The lowest BCUT2D eigenvalue weighted by molar-refractivity contribution is 0.102. The van der Waals surface area contributed by atoms with Gasteiger partial charge in [-0.25, -0.2) is 4.98 Å². The van der Waals surface area contributed by atoms with Crippen LogP contribution in [0.3, 0.4) is 0 Å². The summed E-state index contributed by atoms with van der Waals surface area (Å²) in [5.74, 6) is -0.618. The molecular formula is C19H15N3O3. The fraction of sp³-hybridized carbons (Fsp3) is 0. The zero-order chi connectivity index (χ0) is 17.6. The van der Waals surface area contributed by atoms with Crippen LogP contribution in [0.4, 0.5) is 11.5 Å². The number of nitrogens with zero attached hydrogens (tertiary/aromatic N) is 1. The fourth-order valence-corrected chi connectivity index (χ4v) is 2.27. The third kappa shape index (κ3) is 3.81. The molecule has 124 valence electrons. The lowest BCUT2D eigenvalue weighted by Gasteiger charge is -2.11. The first-order valence-electron chi connectivity index (χ1n) is 7.56. The van der Waals surface area contributed by atoms with Crippen molar-refractivity contribution >= 4 is 23.3 Å². The highest BCUT2D eigenvalue weighted by atomic mass is 16.3. The molecule has 0 saturated carbocycles. The van der Waals surface area contributed by atoms with Crippen LogP contribution in [0.15, 0.2) is 72.9 Å². The Morgan fingerprint density at radius 3 is 2.12 bits per heavy atom. The Kier molecular flexibility index (Phi) is 4.71. The Morgan fingerprint density at radius 2 is 1.40 bits per heavy atom. The standard InChI is InChI=1S/C19H15N3O3/c23-16-10-4-2-8-14(16)19(25)21-15-9-3-1-7-13(15)18(24)22-17-11-5-6-12-20-17/h1-12,23H,(H,21,25)(H,20,22,24). The van der Waals surface area contributed by atoms with Crippen LogP contribution in [0.5, 0.6) is 5.75 Å². The van der Waals surface area contributed by atoms with Crippen molar-refractivity contribution in [1.29, 1.82) is 0 Å². The first-order chi connectivity index (χ1) is 12.1. The van der Waals surface area contributed by atoms with E-state index < -0.39 is 11.8 Å². The maximum Gasteiger partial charge on any atom is 0.259 e. The predicted molar refractivity (Wildman–Crippen MR) is 94.7 cm³/mol. The maximum absolute atomic E-state index is 12.5. The Labute approximate surface area is 144 Å². The summed E-state index contributed by atoms with van der Waals surface area (Å²) in [6, 6.07) is 18.0. The molecule has 0 aliphatic rings. The Bertz CT molecular complexity index is 911. The Hall–Kier alpha value is -3.67. The fourth-order valence-electron chi connectivity index (χ4n) is 2.27. The SMILES string of the molecule is O=C(Nc1ccccc1C(=O)Nc1ccccn1)c1ccccc1O. The van der Waals surface area contributed by atoms with E-state index in [1.165, 1.54) is 12.1 Å². The van der Waals surface area contributed by atoms with Gasteiger partial charge in [0, 0.05) is 6.20 Å². The average Bonchev–Trinajstić information content (AvgIpc) is 2.63. The van der Waals surface area contributed by atoms with Crippen LogP contribution in [0.1, 0.15) is 20.7 Å². The Morgan fingerprint density at radius 1 is 0.760 bits per heavy atom. The number of phenols is 1. The van der Waals surface area contributed by atoms with E-state index in [0.717, 1.165) is 0 Å². The normalized spacial score (nSPS) is 10.1. The quantitative estimate of drug-likeness (QED) is 0.683. The van der Waals surface area contributed by atoms with Gasteiger partial charge in [0.2, 0.25) is 0 Å². The van der Waals surface area contributed by atoms with E-state index in [-0.39, 0.29) is 16.9 Å². The van der Waals surface area contributed by atoms with E-state index in [0.29, 0.717) is 11.5 Å². The van der Waals surface area contributed by atoms with Gasteiger partial charge >= 0.3 is 0 Å². The number of rotatable bonds is 4. The van der Waals surface area contributed by atoms with Crippen LogP contribution < -0.4 is 10.6 Å². The van der Waals surface area contributed by atoms with Crippen molar-refractivity contribution in [2.45, 2.75) is 0 Å². The molecular weight excluding hydrogens is 318 g/mol. The highest BCUT2D eigenvalue weighted by molar-refractivity contribution is 6.12. The number of anilines is 2. The van der Waals surface area contributed by atoms with Gasteiger partial charge in [-0.2, -0.15) is 0 Å². The summed E-state index contributed by atoms with van der Waals surface area (Å²) >= 11 is 0. The summed E-state index contributed by atoms with van der Waals surface area (Å²) in [5.41, 5.74) is 0.753. The number of nitrogens with one attached hydrogen (secondary N) is 2. The van der Waals surface area contributed by atoms with Crippen LogP contribution in [0, 0.1) is 0 Å². The molecule has 0 bridgehead atoms. The number of hydrogen-bond acceptors (Lipinski definition) is 4. The lowest BCUT2D eigenvalue weighted by atomic mass is 10.1. The summed E-state index contributed by atoms with van der Waals surface area (Å²) < 4.78 is 0. The molecule has 0 saturated heterocycles. The molecule has 0 radical (unpaired) electrons. The van der Waals surface area contributed by atoms with Gasteiger partial charge in [0.15, 0.2) is 0 Å². The van der Waals surface area contributed by atoms with E-state index in [2.05, 4.69) is 15.6 Å². The molecule has 3 aromatic rings. The number of para-hydroxylation sites is 2. The van der Waals surface area contributed by atoms with E-state index in [1.54, 1.807) is 60.8 Å². The molecule has 6 heteroatoms. The Balaban J connectivity index is 1.82. The minimum Gasteiger partial charge on any atom is -0.507 e. The summed E-state index contributed by atoms with van der Waals surface area (Å²) in [7, 11) is 0. The molecule has 0 aliphatic heterocycles. The third-order valence-electron chi connectivity index (χ3n) is 3.48. The zero-order valence-electron chi connectivity index (χ0n) is 13.1. The highest BCUT2D eigenvalue weighted by Crippen LogP contribution is 2.21. The van der Waals surface area contributed by atoms with Crippen LogP contribution >= 0.6 is 0 Å². The third-order valence-corrected chi connectivity index (χ3v) is 3.48. The van der Waals surface area contributed by atoms with Crippen LogP contribution in [-0.2, 0) is 0 Å². The number of phenolic OH excluding ortho intramolecular Hbond substituents is 1. The van der Waals surface area contributed by atoms with Crippen LogP contribution in [0.25, 0.3) is 0 Å². The largest absolute Gasteiger partial charge is 0.507 e. The number of benzene rings is 2. The summed E-state index contributed by atoms with van der Waals surface area (Å²) in [4.78, 5) is 28.9. The molecule has 0 spiro atoms. The van der Waals surface area contributed by atoms with Crippen molar-refractivity contribution in [1.82, 2.24) is 4.98 Å². The second-order valence-corrected chi connectivity index (χ2v) is 5.19. The van der Waals surface area contributed by atoms with Gasteiger partial charge in [0.25, 0.3) is 11.8 Å². The molecule has 0 fully saturated rings. The van der Waals surface area contributed by atoms with Crippen LogP contribution in [-0.4, -0.2) is 21.9 Å². The molecule has 0 aliphatic carbocycles. The molecule has 25 heavy (non-hydrogen) atoms. The number of amides is 2. The molecule has 0 unspecified atom stereocenters. The molecule has 2 amide bonds. The smallest absolute Gasteiger partial charge is 0.259 e. The molecule has 1 aromatic heterocycles. The van der Waals surface area contributed by atoms with Crippen molar-refractivity contribution in [3.05, 3.63) is 84.1 Å². The minimum atomic E-state index is -0.504. The van der Waals surface area contributed by atoms with Gasteiger partial charge in [-0.3, -0.25) is 9.59 Å². The number of carbonyl (C=O) groups excluding carboxylic acids is 2. The second kappa shape index (κ2) is 7.27. The van der Waals surface area contributed by atoms with Gasteiger partial charge in [-0.15, -0.1) is 0 Å². The van der Waals surface area contributed by atoms with Crippen molar-refractivity contribution in [2.24, 2.45) is 0 Å². The first kappa shape index (κ1) is 16.2. The summed E-state index contributed by atoms with van der Waals surface area (Å²) in [6.07, 6.45) is 1.57. The van der Waals surface area contributed by atoms with E-state index in [1.807, 2.05) is 0 Å². The molecule has 0 atom stereocenters. The van der Waals surface area contributed by atoms with Gasteiger partial charge in [-0.1, -0.05) is 30.3 Å². The molecule has 1 heterocycles. The van der Waals surface area contributed by atoms with Crippen molar-refractivity contribution in [3.8, 4) is 5.75 Å². The van der Waals surface area contributed by atoms with Crippen molar-refractivity contribution in [2.75, 3.05) is 10.6 Å². The summed E-state index contributed by atoms with van der Waals surface area (Å²) in [6.45, 7) is 0. The lowest BCUT2D eigenvalue weighted by Crippen LogP contribution is -2.18. The maximum atomic E-state index is 12.5. The monoisotopic (exact) mass is 333 g/mol.